The maximum atomic E-state index is 13.3. The fourth-order valence-electron chi connectivity index (χ4n) is 1.81. The monoisotopic (exact) mass is 312 g/mol. The van der Waals surface area contributed by atoms with Gasteiger partial charge < -0.3 is 5.73 Å². The van der Waals surface area contributed by atoms with Crippen LogP contribution < -0.4 is 11.1 Å². The molecular weight excluding hydrogens is 295 g/mol. The largest absolute Gasteiger partial charge is 0.329 e. The molecule has 0 heterocycles. The van der Waals surface area contributed by atoms with Gasteiger partial charge in [0.2, 0.25) is 0 Å². The highest BCUT2D eigenvalue weighted by atomic mass is 79.9. The van der Waals surface area contributed by atoms with Crippen molar-refractivity contribution in [3.05, 3.63) is 34.1 Å². The zero-order valence-electron chi connectivity index (χ0n) is 10.4. The fourth-order valence-corrected chi connectivity index (χ4v) is 2.34. The number of rotatable bonds is 6. The molecule has 1 rings (SSSR count). The van der Waals surface area contributed by atoms with Gasteiger partial charge in [-0.15, -0.1) is 6.42 Å². The lowest BCUT2D eigenvalue weighted by Gasteiger charge is -2.22. The van der Waals surface area contributed by atoms with Crippen LogP contribution in [0.15, 0.2) is 22.7 Å². The molecule has 0 saturated carbocycles. The Morgan fingerprint density at radius 2 is 2.28 bits per heavy atom. The number of terminal acetylenes is 1. The Balaban J connectivity index is 2.89. The van der Waals surface area contributed by atoms with Gasteiger partial charge >= 0.3 is 0 Å². The first kappa shape index (κ1) is 15.2. The van der Waals surface area contributed by atoms with E-state index >= 15 is 0 Å². The van der Waals surface area contributed by atoms with Crippen LogP contribution in [0.3, 0.4) is 0 Å². The van der Waals surface area contributed by atoms with Gasteiger partial charge in [-0.05, 0) is 30.2 Å². The predicted octanol–water partition coefficient (Wildman–Crippen LogP) is 2.98. The zero-order valence-corrected chi connectivity index (χ0v) is 12.0. The van der Waals surface area contributed by atoms with Crippen LogP contribution in [0.5, 0.6) is 0 Å². The zero-order chi connectivity index (χ0) is 13.5. The number of benzene rings is 1. The highest BCUT2D eigenvalue weighted by Gasteiger charge is 2.16. The average Bonchev–Trinajstić information content (AvgIpc) is 2.37. The minimum Gasteiger partial charge on any atom is -0.329 e. The molecule has 2 unspecified atom stereocenters. The van der Waals surface area contributed by atoms with Crippen LogP contribution in [-0.2, 0) is 0 Å². The SMILES string of the molecule is C#CC(CCC)NC(CN)c1cc(F)ccc1Br. The molecule has 0 bridgehead atoms. The van der Waals surface area contributed by atoms with Crippen LogP contribution >= 0.6 is 15.9 Å². The van der Waals surface area contributed by atoms with E-state index in [-0.39, 0.29) is 17.9 Å². The normalized spacial score (nSPS) is 13.9. The summed E-state index contributed by atoms with van der Waals surface area (Å²) < 4.78 is 14.1. The molecular formula is C14H18BrFN2. The quantitative estimate of drug-likeness (QED) is 0.793. The number of nitrogens with two attached hydrogens (primary N) is 1. The fraction of sp³-hybridized carbons (Fsp3) is 0.429. The van der Waals surface area contributed by atoms with Crippen molar-refractivity contribution in [3.63, 3.8) is 0 Å². The lowest BCUT2D eigenvalue weighted by molar-refractivity contribution is 0.472. The third-order valence-corrected chi connectivity index (χ3v) is 3.47. The Kier molecular flexibility index (Phi) is 6.34. The van der Waals surface area contributed by atoms with E-state index in [9.17, 15) is 4.39 Å². The van der Waals surface area contributed by atoms with Crippen molar-refractivity contribution in [2.75, 3.05) is 6.54 Å². The van der Waals surface area contributed by atoms with Gasteiger partial charge in [-0.1, -0.05) is 35.2 Å². The summed E-state index contributed by atoms with van der Waals surface area (Å²) in [5.74, 6) is 2.42. The number of hydrogen-bond acceptors (Lipinski definition) is 2. The molecule has 0 aliphatic rings. The Labute approximate surface area is 116 Å². The van der Waals surface area contributed by atoms with Gasteiger partial charge in [0, 0.05) is 17.1 Å². The summed E-state index contributed by atoms with van der Waals surface area (Å²) in [6.45, 7) is 2.44. The van der Waals surface area contributed by atoms with E-state index in [4.69, 9.17) is 12.2 Å². The number of halogens is 2. The van der Waals surface area contributed by atoms with Crippen LogP contribution in [0.25, 0.3) is 0 Å². The topological polar surface area (TPSA) is 38.0 Å². The van der Waals surface area contributed by atoms with Gasteiger partial charge in [-0.25, -0.2) is 4.39 Å². The third-order valence-electron chi connectivity index (χ3n) is 2.75. The molecule has 2 atom stereocenters. The standard InChI is InChI=1S/C14H18BrFN2/c1-3-5-11(4-2)18-14(9-17)12-8-10(16)6-7-13(12)15/h2,6-8,11,14,18H,3,5,9,17H2,1H3. The van der Waals surface area contributed by atoms with Crippen LogP contribution in [0, 0.1) is 18.2 Å². The Morgan fingerprint density at radius 3 is 2.83 bits per heavy atom. The van der Waals surface area contributed by atoms with Crippen LogP contribution in [0.1, 0.15) is 31.4 Å². The lowest BCUT2D eigenvalue weighted by atomic mass is 10.0. The third kappa shape index (κ3) is 4.09. The van der Waals surface area contributed by atoms with Crippen molar-refractivity contribution in [3.8, 4) is 12.3 Å². The van der Waals surface area contributed by atoms with E-state index in [1.165, 1.54) is 12.1 Å². The maximum absolute atomic E-state index is 13.3. The minimum atomic E-state index is -0.277. The number of nitrogens with one attached hydrogen (secondary N) is 1. The van der Waals surface area contributed by atoms with E-state index < -0.39 is 0 Å². The minimum absolute atomic E-state index is 0.0429. The molecule has 0 spiro atoms. The van der Waals surface area contributed by atoms with E-state index in [1.807, 2.05) is 0 Å². The van der Waals surface area contributed by atoms with E-state index in [0.29, 0.717) is 6.54 Å². The molecule has 18 heavy (non-hydrogen) atoms. The number of hydrogen-bond donors (Lipinski definition) is 2. The molecule has 2 nitrogen and oxygen atoms in total. The molecule has 0 radical (unpaired) electrons. The molecule has 3 N–H and O–H groups in total. The first-order valence-corrected chi connectivity index (χ1v) is 6.78. The van der Waals surface area contributed by atoms with Gasteiger partial charge in [0.05, 0.1) is 6.04 Å². The van der Waals surface area contributed by atoms with E-state index in [2.05, 4.69) is 34.1 Å². The molecule has 98 valence electrons. The highest BCUT2D eigenvalue weighted by molar-refractivity contribution is 9.10. The molecule has 0 amide bonds. The summed E-state index contributed by atoms with van der Waals surface area (Å²) in [5, 5.41) is 3.28. The Morgan fingerprint density at radius 1 is 1.56 bits per heavy atom. The van der Waals surface area contributed by atoms with Crippen molar-refractivity contribution in [1.29, 1.82) is 0 Å². The van der Waals surface area contributed by atoms with Crippen LogP contribution in [0.4, 0.5) is 4.39 Å². The Hall–Kier alpha value is -0.890. The summed E-state index contributed by atoms with van der Waals surface area (Å²) in [5.41, 5.74) is 6.55. The molecule has 4 heteroatoms. The van der Waals surface area contributed by atoms with Crippen molar-refractivity contribution in [1.82, 2.24) is 5.32 Å². The van der Waals surface area contributed by atoms with E-state index in [1.54, 1.807) is 6.07 Å². The van der Waals surface area contributed by atoms with Crippen molar-refractivity contribution in [2.45, 2.75) is 31.8 Å². The predicted molar refractivity (Wildman–Crippen MR) is 76.6 cm³/mol. The van der Waals surface area contributed by atoms with Gasteiger partial charge in [-0.2, -0.15) is 0 Å². The van der Waals surface area contributed by atoms with Gasteiger partial charge in [0.1, 0.15) is 5.82 Å². The summed E-state index contributed by atoms with van der Waals surface area (Å²) in [7, 11) is 0. The molecule has 0 aromatic heterocycles. The summed E-state index contributed by atoms with van der Waals surface area (Å²) in [6.07, 6.45) is 7.33. The first-order chi connectivity index (χ1) is 8.62. The molecule has 0 aliphatic carbocycles. The smallest absolute Gasteiger partial charge is 0.123 e. The molecule has 0 saturated heterocycles. The summed E-state index contributed by atoms with van der Waals surface area (Å²) >= 11 is 3.41. The van der Waals surface area contributed by atoms with Crippen molar-refractivity contribution < 1.29 is 4.39 Å². The second-order valence-corrected chi connectivity index (χ2v) is 4.98. The molecule has 1 aromatic carbocycles. The van der Waals surface area contributed by atoms with Gasteiger partial charge in [0.25, 0.3) is 0 Å². The van der Waals surface area contributed by atoms with Crippen LogP contribution in [0.2, 0.25) is 0 Å². The first-order valence-electron chi connectivity index (χ1n) is 5.99. The molecule has 0 fully saturated rings. The molecule has 1 aromatic rings. The summed E-state index contributed by atoms with van der Waals surface area (Å²) in [6, 6.07) is 4.38. The van der Waals surface area contributed by atoms with E-state index in [0.717, 1.165) is 22.9 Å². The van der Waals surface area contributed by atoms with Crippen molar-refractivity contribution in [2.24, 2.45) is 5.73 Å². The average molecular weight is 313 g/mol. The second kappa shape index (κ2) is 7.52. The second-order valence-electron chi connectivity index (χ2n) is 4.13. The van der Waals surface area contributed by atoms with Gasteiger partial charge in [-0.3, -0.25) is 5.32 Å². The van der Waals surface area contributed by atoms with Gasteiger partial charge in [0.15, 0.2) is 0 Å². The summed E-state index contributed by atoms with van der Waals surface area (Å²) in [4.78, 5) is 0. The maximum Gasteiger partial charge on any atom is 0.123 e. The highest BCUT2D eigenvalue weighted by Crippen LogP contribution is 2.24. The van der Waals surface area contributed by atoms with Crippen molar-refractivity contribution >= 4 is 15.9 Å². The van der Waals surface area contributed by atoms with Crippen LogP contribution in [-0.4, -0.2) is 12.6 Å². The lowest BCUT2D eigenvalue weighted by Crippen LogP contribution is -2.36. The molecule has 0 aliphatic heterocycles. The Bertz CT molecular complexity index is 428.